The van der Waals surface area contributed by atoms with E-state index in [4.69, 9.17) is 4.74 Å². The molecule has 0 saturated heterocycles. The molecule has 75 valence electrons. The SMILES string of the molecule is Brc1[c]ccc(OCc2ccccc2)c1. The summed E-state index contributed by atoms with van der Waals surface area (Å²) in [5.74, 6) is 0.851. The minimum Gasteiger partial charge on any atom is -0.489 e. The fourth-order valence-electron chi connectivity index (χ4n) is 1.25. The van der Waals surface area contributed by atoms with Gasteiger partial charge < -0.3 is 4.74 Å². The zero-order valence-electron chi connectivity index (χ0n) is 8.11. The van der Waals surface area contributed by atoms with Gasteiger partial charge in [0.2, 0.25) is 0 Å². The van der Waals surface area contributed by atoms with E-state index in [1.54, 1.807) is 0 Å². The second-order valence-electron chi connectivity index (χ2n) is 3.15. The predicted octanol–water partition coefficient (Wildman–Crippen LogP) is 3.83. The van der Waals surface area contributed by atoms with Crippen molar-refractivity contribution in [1.82, 2.24) is 0 Å². The van der Waals surface area contributed by atoms with E-state index >= 15 is 0 Å². The molecular weight excluding hydrogens is 252 g/mol. The first-order valence-corrected chi connectivity index (χ1v) is 5.48. The third-order valence-corrected chi connectivity index (χ3v) is 2.44. The molecule has 0 aliphatic heterocycles. The molecule has 0 fully saturated rings. The van der Waals surface area contributed by atoms with Crippen LogP contribution in [0.1, 0.15) is 5.56 Å². The van der Waals surface area contributed by atoms with Crippen LogP contribution in [0, 0.1) is 6.07 Å². The molecule has 0 aliphatic rings. The average molecular weight is 262 g/mol. The van der Waals surface area contributed by atoms with E-state index in [9.17, 15) is 0 Å². The van der Waals surface area contributed by atoms with Crippen LogP contribution in [0.4, 0.5) is 0 Å². The second-order valence-corrected chi connectivity index (χ2v) is 4.00. The summed E-state index contributed by atoms with van der Waals surface area (Å²) < 4.78 is 6.53. The Kier molecular flexibility index (Phi) is 3.41. The fraction of sp³-hybridized carbons (Fsp3) is 0.0769. The highest BCUT2D eigenvalue weighted by Gasteiger charge is 1.95. The van der Waals surface area contributed by atoms with Crippen LogP contribution in [0.3, 0.4) is 0 Å². The van der Waals surface area contributed by atoms with E-state index in [1.807, 2.05) is 48.5 Å². The minimum absolute atomic E-state index is 0.595. The lowest BCUT2D eigenvalue weighted by atomic mass is 10.2. The summed E-state index contributed by atoms with van der Waals surface area (Å²) in [5, 5.41) is 0. The first-order chi connectivity index (χ1) is 7.34. The molecule has 1 nitrogen and oxygen atoms in total. The molecule has 0 N–H and O–H groups in total. The maximum atomic E-state index is 5.62. The van der Waals surface area contributed by atoms with Crippen LogP contribution >= 0.6 is 15.9 Å². The molecule has 2 aromatic carbocycles. The Morgan fingerprint density at radius 3 is 2.67 bits per heavy atom. The van der Waals surface area contributed by atoms with Crippen LogP contribution in [-0.4, -0.2) is 0 Å². The van der Waals surface area contributed by atoms with Gasteiger partial charge in [-0.3, -0.25) is 0 Å². The van der Waals surface area contributed by atoms with Crippen LogP contribution in [-0.2, 0) is 6.61 Å². The van der Waals surface area contributed by atoms with E-state index in [0.29, 0.717) is 6.61 Å². The number of rotatable bonds is 3. The van der Waals surface area contributed by atoms with Crippen molar-refractivity contribution in [2.24, 2.45) is 0 Å². The van der Waals surface area contributed by atoms with Crippen molar-refractivity contribution in [3.05, 3.63) is 64.6 Å². The third-order valence-electron chi connectivity index (χ3n) is 1.99. The molecular formula is C13H10BrO. The number of halogens is 1. The molecule has 0 saturated carbocycles. The molecule has 0 unspecified atom stereocenters. The van der Waals surface area contributed by atoms with Gasteiger partial charge in [-0.1, -0.05) is 46.3 Å². The first kappa shape index (κ1) is 10.2. The normalized spacial score (nSPS) is 9.93. The Hall–Kier alpha value is -1.28. The van der Waals surface area contributed by atoms with E-state index in [0.717, 1.165) is 10.2 Å². The maximum Gasteiger partial charge on any atom is 0.120 e. The highest BCUT2D eigenvalue weighted by atomic mass is 79.9. The highest BCUT2D eigenvalue weighted by Crippen LogP contribution is 2.18. The smallest absolute Gasteiger partial charge is 0.120 e. The Morgan fingerprint density at radius 1 is 1.13 bits per heavy atom. The number of ether oxygens (including phenoxy) is 1. The quantitative estimate of drug-likeness (QED) is 0.816. The molecule has 2 aromatic rings. The second kappa shape index (κ2) is 4.99. The van der Waals surface area contributed by atoms with Crippen molar-refractivity contribution in [3.63, 3.8) is 0 Å². The topological polar surface area (TPSA) is 9.23 Å². The Bertz CT molecular complexity index is 426. The van der Waals surface area contributed by atoms with E-state index in [-0.39, 0.29) is 0 Å². The van der Waals surface area contributed by atoms with Crippen LogP contribution in [0.2, 0.25) is 0 Å². The zero-order chi connectivity index (χ0) is 10.5. The number of benzene rings is 2. The summed E-state index contributed by atoms with van der Waals surface area (Å²) in [5.41, 5.74) is 1.17. The van der Waals surface area contributed by atoms with Crippen LogP contribution in [0.25, 0.3) is 0 Å². The molecule has 2 heteroatoms. The Labute approximate surface area is 97.8 Å². The molecule has 0 amide bonds. The molecule has 0 heterocycles. The largest absolute Gasteiger partial charge is 0.489 e. The molecule has 2 rings (SSSR count). The van der Waals surface area contributed by atoms with Crippen molar-refractivity contribution in [2.75, 3.05) is 0 Å². The lowest BCUT2D eigenvalue weighted by molar-refractivity contribution is 0.306. The summed E-state index contributed by atoms with van der Waals surface area (Å²) in [4.78, 5) is 0. The Balaban J connectivity index is 1.99. The van der Waals surface area contributed by atoms with Gasteiger partial charge in [-0.25, -0.2) is 0 Å². The van der Waals surface area contributed by atoms with E-state index in [2.05, 4.69) is 22.0 Å². The standard InChI is InChI=1S/C13H10BrO/c14-12-7-4-8-13(9-12)15-10-11-5-2-1-3-6-11/h1-6,8-9H,10H2. The molecule has 0 spiro atoms. The molecule has 0 aromatic heterocycles. The molecule has 1 radical (unpaired) electrons. The third kappa shape index (κ3) is 3.10. The van der Waals surface area contributed by atoms with Crippen molar-refractivity contribution >= 4 is 15.9 Å². The van der Waals surface area contributed by atoms with Gasteiger partial charge in [-0.05, 0) is 29.8 Å². The predicted molar refractivity (Wildman–Crippen MR) is 63.8 cm³/mol. The summed E-state index contributed by atoms with van der Waals surface area (Å²) in [7, 11) is 0. The maximum absolute atomic E-state index is 5.62. The molecule has 15 heavy (non-hydrogen) atoms. The lowest BCUT2D eigenvalue weighted by Crippen LogP contribution is -1.94. The summed E-state index contributed by atoms with van der Waals surface area (Å²) in [6, 6.07) is 18.8. The average Bonchev–Trinajstić information content (AvgIpc) is 2.28. The van der Waals surface area contributed by atoms with Gasteiger partial charge in [0.15, 0.2) is 0 Å². The zero-order valence-corrected chi connectivity index (χ0v) is 9.70. The number of hydrogen-bond acceptors (Lipinski definition) is 1. The van der Waals surface area contributed by atoms with Crippen LogP contribution < -0.4 is 4.74 Å². The van der Waals surface area contributed by atoms with Gasteiger partial charge in [0.25, 0.3) is 0 Å². The van der Waals surface area contributed by atoms with Gasteiger partial charge in [0, 0.05) is 4.47 Å². The van der Waals surface area contributed by atoms with Gasteiger partial charge >= 0.3 is 0 Å². The minimum atomic E-state index is 0.595. The van der Waals surface area contributed by atoms with Crippen molar-refractivity contribution in [3.8, 4) is 5.75 Å². The molecule has 0 aliphatic carbocycles. The summed E-state index contributed by atoms with van der Waals surface area (Å²) in [6.07, 6.45) is 0. The van der Waals surface area contributed by atoms with Crippen molar-refractivity contribution in [1.29, 1.82) is 0 Å². The van der Waals surface area contributed by atoms with E-state index < -0.39 is 0 Å². The summed E-state index contributed by atoms with van der Waals surface area (Å²) >= 11 is 3.35. The van der Waals surface area contributed by atoms with Gasteiger partial charge in [0.05, 0.1) is 0 Å². The lowest BCUT2D eigenvalue weighted by Gasteiger charge is -2.05. The Morgan fingerprint density at radius 2 is 1.93 bits per heavy atom. The van der Waals surface area contributed by atoms with Crippen molar-refractivity contribution in [2.45, 2.75) is 6.61 Å². The molecule has 0 bridgehead atoms. The monoisotopic (exact) mass is 261 g/mol. The fourth-order valence-corrected chi connectivity index (χ4v) is 1.61. The highest BCUT2D eigenvalue weighted by molar-refractivity contribution is 9.10. The first-order valence-electron chi connectivity index (χ1n) is 4.68. The number of hydrogen-bond donors (Lipinski definition) is 0. The molecule has 0 atom stereocenters. The van der Waals surface area contributed by atoms with E-state index in [1.165, 1.54) is 5.56 Å². The van der Waals surface area contributed by atoms with Crippen LogP contribution in [0.5, 0.6) is 5.75 Å². The van der Waals surface area contributed by atoms with Crippen LogP contribution in [0.15, 0.2) is 53.0 Å². The van der Waals surface area contributed by atoms with Crippen molar-refractivity contribution < 1.29 is 4.74 Å². The van der Waals surface area contributed by atoms with Gasteiger partial charge in [-0.15, -0.1) is 0 Å². The van der Waals surface area contributed by atoms with Gasteiger partial charge in [0.1, 0.15) is 12.4 Å². The van der Waals surface area contributed by atoms with Gasteiger partial charge in [-0.2, -0.15) is 0 Å². The summed E-state index contributed by atoms with van der Waals surface area (Å²) in [6.45, 7) is 0.595.